The third-order valence-corrected chi connectivity index (χ3v) is 11.2. The zero-order valence-corrected chi connectivity index (χ0v) is 27.5. The summed E-state index contributed by atoms with van der Waals surface area (Å²) in [4.78, 5) is 55.0. The van der Waals surface area contributed by atoms with Gasteiger partial charge in [-0.05, 0) is 50.8 Å². The molecule has 0 radical (unpaired) electrons. The molecule has 2 saturated carbocycles. The van der Waals surface area contributed by atoms with Gasteiger partial charge in [0, 0.05) is 11.5 Å². The van der Waals surface area contributed by atoms with Crippen molar-refractivity contribution in [3.05, 3.63) is 29.8 Å². The quantitative estimate of drug-likeness (QED) is 0.304. The first kappa shape index (κ1) is 32.1. The lowest BCUT2D eigenvalue weighted by Crippen LogP contribution is -2.67. The molecule has 0 aromatic heterocycles. The molecule has 1 aromatic rings. The number of alkyl carbamates (subject to hydrolysis) is 1. The van der Waals surface area contributed by atoms with E-state index in [0.717, 1.165) is 0 Å². The number of amides is 1. The predicted octanol–water partition coefficient (Wildman–Crippen LogP) is 1.37. The molecule has 0 bridgehead atoms. The fourth-order valence-electron chi connectivity index (χ4n) is 9.92. The second-order valence-electron chi connectivity index (χ2n) is 15.7. The van der Waals surface area contributed by atoms with E-state index in [4.69, 9.17) is 33.2 Å². The van der Waals surface area contributed by atoms with Crippen LogP contribution < -0.4 is 10.1 Å². The molecule has 4 aliphatic heterocycles. The van der Waals surface area contributed by atoms with Gasteiger partial charge in [0.15, 0.2) is 23.9 Å². The van der Waals surface area contributed by atoms with Crippen molar-refractivity contribution in [2.24, 2.45) is 28.1 Å². The number of esters is 3. The first-order valence-corrected chi connectivity index (χ1v) is 15.8. The van der Waals surface area contributed by atoms with Crippen LogP contribution in [0.2, 0.25) is 0 Å². The molecule has 47 heavy (non-hydrogen) atoms. The summed E-state index contributed by atoms with van der Waals surface area (Å²) in [6.45, 7) is 12.0. The lowest BCUT2D eigenvalue weighted by molar-refractivity contribution is -0.240. The van der Waals surface area contributed by atoms with Crippen molar-refractivity contribution in [3.63, 3.8) is 0 Å². The largest absolute Gasteiger partial charge is 0.497 e. The van der Waals surface area contributed by atoms with Crippen molar-refractivity contribution in [3.8, 4) is 5.75 Å². The highest BCUT2D eigenvalue weighted by molar-refractivity contribution is 5.94. The molecule has 3 N–H and O–H groups in total. The third kappa shape index (κ3) is 3.54. The Bertz CT molecular complexity index is 1550. The molecule has 256 valence electrons. The van der Waals surface area contributed by atoms with E-state index in [-0.39, 0.29) is 6.61 Å². The number of nitrogens with one attached hydrogen (secondary N) is 1. The smallest absolute Gasteiger partial charge is 0.407 e. The van der Waals surface area contributed by atoms with Crippen LogP contribution in [0.1, 0.15) is 54.0 Å². The van der Waals surface area contributed by atoms with Crippen molar-refractivity contribution in [1.82, 2.24) is 5.32 Å². The molecule has 7 unspecified atom stereocenters. The predicted molar refractivity (Wildman–Crippen MR) is 156 cm³/mol. The van der Waals surface area contributed by atoms with Crippen LogP contribution in [0.15, 0.2) is 24.3 Å². The average Bonchev–Trinajstić information content (AvgIpc) is 3.66. The number of carbonyl (C=O) groups excluding carboxylic acids is 4. The van der Waals surface area contributed by atoms with E-state index in [1.54, 1.807) is 45.0 Å². The molecule has 2 aliphatic carbocycles. The van der Waals surface area contributed by atoms with Gasteiger partial charge in [0.2, 0.25) is 11.9 Å². The molecule has 7 rings (SSSR count). The zero-order valence-electron chi connectivity index (χ0n) is 27.5. The summed E-state index contributed by atoms with van der Waals surface area (Å²) >= 11 is 0. The number of carbonyl (C=O) groups is 4. The van der Waals surface area contributed by atoms with Gasteiger partial charge in [-0.25, -0.2) is 14.4 Å². The summed E-state index contributed by atoms with van der Waals surface area (Å²) in [6.07, 6.45) is -10.3. The maximum Gasteiger partial charge on any atom is 0.407 e. The van der Waals surface area contributed by atoms with E-state index < -0.39 is 106 Å². The SMILES string of the molecule is COc1ccc(CO[C@H]2C(=O)OC3OC45C(=O)OC6[C@H](O)C(C(C)(C)C)C32C64[C@@H](OC(=O)NC(C)(C)C)C2OC(=O)[C@@H](C)[C@@]25O)cc1. The number of aliphatic hydroxyl groups is 2. The number of hydrogen-bond donors (Lipinski definition) is 3. The monoisotopic (exact) mass is 659 g/mol. The van der Waals surface area contributed by atoms with Gasteiger partial charge >= 0.3 is 24.0 Å². The number of rotatable bonds is 5. The van der Waals surface area contributed by atoms with Gasteiger partial charge in [-0.2, -0.15) is 0 Å². The Morgan fingerprint density at radius 2 is 1.64 bits per heavy atom. The summed E-state index contributed by atoms with van der Waals surface area (Å²) in [5.74, 6) is -4.50. The molecular formula is C33H41NO13. The van der Waals surface area contributed by atoms with E-state index in [0.29, 0.717) is 11.3 Å². The number of benzene rings is 1. The molecule has 4 saturated heterocycles. The van der Waals surface area contributed by atoms with Crippen molar-refractivity contribution in [2.75, 3.05) is 7.11 Å². The fraction of sp³-hybridized carbons (Fsp3) is 0.697. The van der Waals surface area contributed by atoms with Gasteiger partial charge in [-0.15, -0.1) is 0 Å². The fourth-order valence-corrected chi connectivity index (χ4v) is 9.92. The molecule has 2 spiro atoms. The van der Waals surface area contributed by atoms with Crippen LogP contribution in [-0.4, -0.2) is 94.9 Å². The van der Waals surface area contributed by atoms with Gasteiger partial charge in [-0.3, -0.25) is 4.79 Å². The minimum absolute atomic E-state index is 0.108. The van der Waals surface area contributed by atoms with Crippen LogP contribution in [0.5, 0.6) is 5.75 Å². The number of fused-ring (bicyclic) bond motifs is 1. The molecular weight excluding hydrogens is 618 g/mol. The number of ether oxygens (including phenoxy) is 7. The van der Waals surface area contributed by atoms with Gasteiger partial charge in [0.25, 0.3) is 0 Å². The highest BCUT2D eigenvalue weighted by Gasteiger charge is 3.06. The minimum atomic E-state index is -2.47. The first-order valence-electron chi connectivity index (χ1n) is 15.8. The van der Waals surface area contributed by atoms with Crippen LogP contribution in [-0.2, 0) is 49.4 Å². The second-order valence-corrected chi connectivity index (χ2v) is 15.7. The van der Waals surface area contributed by atoms with Gasteiger partial charge in [0.1, 0.15) is 17.3 Å². The van der Waals surface area contributed by atoms with Crippen LogP contribution in [0.3, 0.4) is 0 Å². The van der Waals surface area contributed by atoms with Crippen LogP contribution in [0.25, 0.3) is 0 Å². The second kappa shape index (κ2) is 9.58. The number of methoxy groups -OCH3 is 1. The summed E-state index contributed by atoms with van der Waals surface area (Å²) in [6, 6.07) is 6.97. The Kier molecular flexibility index (Phi) is 6.54. The number of hydrogen-bond acceptors (Lipinski definition) is 13. The lowest BCUT2D eigenvalue weighted by atomic mass is 9.50. The van der Waals surface area contributed by atoms with Gasteiger partial charge in [0.05, 0.1) is 31.2 Å². The highest BCUT2D eigenvalue weighted by atomic mass is 16.8. The maximum atomic E-state index is 14.3. The maximum absolute atomic E-state index is 14.3. The summed E-state index contributed by atoms with van der Waals surface area (Å²) in [5.41, 5.74) is -9.72. The van der Waals surface area contributed by atoms with Crippen LogP contribution in [0, 0.1) is 28.1 Å². The van der Waals surface area contributed by atoms with E-state index in [9.17, 15) is 29.4 Å². The molecule has 14 nitrogen and oxygen atoms in total. The summed E-state index contributed by atoms with van der Waals surface area (Å²) < 4.78 is 42.0. The molecule has 4 heterocycles. The highest BCUT2D eigenvalue weighted by Crippen LogP contribution is 2.85. The van der Waals surface area contributed by atoms with Gasteiger partial charge < -0.3 is 48.7 Å². The average molecular weight is 660 g/mol. The first-order chi connectivity index (χ1) is 21.8. The zero-order chi connectivity index (χ0) is 34.3. The summed E-state index contributed by atoms with van der Waals surface area (Å²) in [5, 5.41) is 27.7. The van der Waals surface area contributed by atoms with Crippen LogP contribution >= 0.6 is 0 Å². The van der Waals surface area contributed by atoms with Gasteiger partial charge in [-0.1, -0.05) is 32.9 Å². The summed E-state index contributed by atoms with van der Waals surface area (Å²) in [7, 11) is 1.54. The van der Waals surface area contributed by atoms with Crippen LogP contribution in [0.4, 0.5) is 4.79 Å². The molecule has 1 amide bonds. The molecule has 1 aromatic carbocycles. The standard InChI is InChI=1S/C33H41NO13/c1-14-23(36)43-21-20(45-27(39)34-29(5,6)7)31-19-17(35)18(28(2,3)4)30(31)22(42-13-15-9-11-16(41-8)12-10-15)24(37)46-26(30)47-33(31,25(38)44-19)32(14,21)40/h9-12,14,17-22,26,35,40H,13H2,1-8H3,(H,34,39)/t14-,17-,18?,19?,20+,21?,22+,26?,30?,31?,32-,33?/m1/s1. The van der Waals surface area contributed by atoms with Crippen molar-refractivity contribution < 1.29 is 62.5 Å². The Hall–Kier alpha value is -3.46. The topological polar surface area (TPSA) is 185 Å². The Morgan fingerprint density at radius 3 is 2.23 bits per heavy atom. The van der Waals surface area contributed by atoms with E-state index >= 15 is 0 Å². The van der Waals surface area contributed by atoms with E-state index in [1.807, 2.05) is 20.8 Å². The Labute approximate surface area is 271 Å². The third-order valence-electron chi connectivity index (χ3n) is 11.2. The van der Waals surface area contributed by atoms with Crippen molar-refractivity contribution in [2.45, 2.75) is 109 Å². The van der Waals surface area contributed by atoms with E-state index in [2.05, 4.69) is 5.32 Å². The molecule has 12 atom stereocenters. The molecule has 6 aliphatic rings. The normalized spacial score (nSPS) is 44.3. The van der Waals surface area contributed by atoms with Crippen molar-refractivity contribution >= 4 is 24.0 Å². The van der Waals surface area contributed by atoms with Crippen molar-refractivity contribution in [1.29, 1.82) is 0 Å². The molecule has 14 heteroatoms. The number of aliphatic hydroxyl groups excluding tert-OH is 1. The Morgan fingerprint density at radius 1 is 0.979 bits per heavy atom. The van der Waals surface area contributed by atoms with E-state index in [1.165, 1.54) is 14.0 Å². The Balaban J connectivity index is 1.47. The minimum Gasteiger partial charge on any atom is -0.497 e. The lowest BCUT2D eigenvalue weighted by Gasteiger charge is -2.48. The molecule has 6 fully saturated rings.